The zero-order valence-corrected chi connectivity index (χ0v) is 13.5. The van der Waals surface area contributed by atoms with E-state index >= 15 is 0 Å². The van der Waals surface area contributed by atoms with Crippen LogP contribution >= 0.6 is 0 Å². The SMILES string of the molecule is c1cc(N2CCC[C@H]2c2nc3c([nH]2)CCCC3)nc(C2CC2)n1. The average molecular weight is 309 g/mol. The Hall–Kier alpha value is -1.91. The van der Waals surface area contributed by atoms with Crippen LogP contribution in [0.15, 0.2) is 12.3 Å². The van der Waals surface area contributed by atoms with Crippen LogP contribution in [0.2, 0.25) is 0 Å². The number of imidazole rings is 1. The molecule has 1 saturated carbocycles. The minimum absolute atomic E-state index is 0.350. The maximum Gasteiger partial charge on any atom is 0.133 e. The second kappa shape index (κ2) is 5.32. The number of nitrogens with zero attached hydrogens (tertiary/aromatic N) is 4. The maximum absolute atomic E-state index is 4.94. The third kappa shape index (κ3) is 2.42. The topological polar surface area (TPSA) is 57.7 Å². The van der Waals surface area contributed by atoms with Crippen LogP contribution in [-0.4, -0.2) is 26.5 Å². The van der Waals surface area contributed by atoms with Crippen molar-refractivity contribution in [2.75, 3.05) is 11.4 Å². The van der Waals surface area contributed by atoms with Gasteiger partial charge in [-0.25, -0.2) is 15.0 Å². The first-order valence-electron chi connectivity index (χ1n) is 9.06. The quantitative estimate of drug-likeness (QED) is 0.945. The molecule has 5 nitrogen and oxygen atoms in total. The van der Waals surface area contributed by atoms with Gasteiger partial charge in [0.25, 0.3) is 0 Å². The Bertz CT molecular complexity index is 694. The maximum atomic E-state index is 4.94. The molecule has 3 heterocycles. The zero-order chi connectivity index (χ0) is 15.2. The Morgan fingerprint density at radius 1 is 1.04 bits per heavy atom. The molecule has 0 radical (unpaired) electrons. The number of aromatic nitrogens is 4. The number of anilines is 1. The molecule has 3 aliphatic rings. The Balaban J connectivity index is 1.45. The monoisotopic (exact) mass is 309 g/mol. The number of aromatic amines is 1. The lowest BCUT2D eigenvalue weighted by Crippen LogP contribution is -2.25. The molecule has 0 bridgehead atoms. The fourth-order valence-electron chi connectivity index (χ4n) is 4.02. The van der Waals surface area contributed by atoms with E-state index in [0.717, 1.165) is 43.3 Å². The van der Waals surface area contributed by atoms with Crippen LogP contribution in [0.3, 0.4) is 0 Å². The van der Waals surface area contributed by atoms with Crippen LogP contribution in [0, 0.1) is 0 Å². The van der Waals surface area contributed by atoms with Crippen molar-refractivity contribution in [1.29, 1.82) is 0 Å². The number of hydrogen-bond acceptors (Lipinski definition) is 4. The first-order valence-corrected chi connectivity index (χ1v) is 9.06. The Morgan fingerprint density at radius 2 is 1.96 bits per heavy atom. The molecule has 2 fully saturated rings. The molecule has 2 aromatic heterocycles. The molecule has 1 atom stereocenters. The summed E-state index contributed by atoms with van der Waals surface area (Å²) in [6.07, 6.45) is 11.7. The third-order valence-electron chi connectivity index (χ3n) is 5.44. The summed E-state index contributed by atoms with van der Waals surface area (Å²) >= 11 is 0. The summed E-state index contributed by atoms with van der Waals surface area (Å²) in [4.78, 5) is 20.3. The Morgan fingerprint density at radius 3 is 2.83 bits per heavy atom. The van der Waals surface area contributed by atoms with Gasteiger partial charge < -0.3 is 9.88 Å². The number of hydrogen-bond donors (Lipinski definition) is 1. The van der Waals surface area contributed by atoms with E-state index in [9.17, 15) is 0 Å². The molecule has 0 amide bonds. The molecule has 0 unspecified atom stereocenters. The van der Waals surface area contributed by atoms with Crippen LogP contribution < -0.4 is 4.90 Å². The van der Waals surface area contributed by atoms with Crippen molar-refractivity contribution in [2.45, 2.75) is 63.3 Å². The second-order valence-electron chi connectivity index (χ2n) is 7.15. The largest absolute Gasteiger partial charge is 0.346 e. The van der Waals surface area contributed by atoms with E-state index in [1.165, 1.54) is 43.5 Å². The molecule has 0 spiro atoms. The lowest BCUT2D eigenvalue weighted by Gasteiger charge is -2.24. The summed E-state index contributed by atoms with van der Waals surface area (Å²) in [6.45, 7) is 1.07. The van der Waals surface area contributed by atoms with Gasteiger partial charge in [-0.15, -0.1) is 0 Å². The van der Waals surface area contributed by atoms with Crippen molar-refractivity contribution in [1.82, 2.24) is 19.9 Å². The summed E-state index contributed by atoms with van der Waals surface area (Å²) in [5.41, 5.74) is 2.68. The molecule has 1 aliphatic heterocycles. The van der Waals surface area contributed by atoms with Gasteiger partial charge in [-0.2, -0.15) is 0 Å². The van der Waals surface area contributed by atoms with E-state index in [1.807, 2.05) is 6.20 Å². The molecule has 0 aromatic carbocycles. The van der Waals surface area contributed by atoms with E-state index < -0.39 is 0 Å². The first-order chi connectivity index (χ1) is 11.4. The molecule has 5 rings (SSSR count). The van der Waals surface area contributed by atoms with Crippen LogP contribution in [0.4, 0.5) is 5.82 Å². The fraction of sp³-hybridized carbons (Fsp3) is 0.611. The van der Waals surface area contributed by atoms with Crippen molar-refractivity contribution >= 4 is 5.82 Å². The van der Waals surface area contributed by atoms with Crippen molar-refractivity contribution < 1.29 is 0 Å². The number of nitrogens with one attached hydrogen (secondary N) is 1. The molecule has 5 heteroatoms. The average Bonchev–Trinajstić information content (AvgIpc) is 3.17. The summed E-state index contributed by atoms with van der Waals surface area (Å²) < 4.78 is 0. The van der Waals surface area contributed by atoms with Crippen molar-refractivity contribution in [3.05, 3.63) is 35.3 Å². The summed E-state index contributed by atoms with van der Waals surface area (Å²) in [7, 11) is 0. The van der Waals surface area contributed by atoms with Gasteiger partial charge in [-0.1, -0.05) is 0 Å². The van der Waals surface area contributed by atoms with Gasteiger partial charge in [-0.3, -0.25) is 0 Å². The molecule has 2 aromatic rings. The van der Waals surface area contributed by atoms with Crippen LogP contribution in [0.5, 0.6) is 0 Å². The van der Waals surface area contributed by atoms with Gasteiger partial charge in [0.05, 0.1) is 11.7 Å². The van der Waals surface area contributed by atoms with E-state index in [4.69, 9.17) is 9.97 Å². The molecular formula is C18H23N5. The zero-order valence-electron chi connectivity index (χ0n) is 13.5. The first kappa shape index (κ1) is 13.5. The van der Waals surface area contributed by atoms with Gasteiger partial charge >= 0.3 is 0 Å². The number of H-pyrrole nitrogens is 1. The minimum Gasteiger partial charge on any atom is -0.346 e. The molecular weight excluding hydrogens is 286 g/mol. The highest BCUT2D eigenvalue weighted by molar-refractivity contribution is 5.42. The van der Waals surface area contributed by atoms with Crippen molar-refractivity contribution in [3.8, 4) is 0 Å². The molecule has 23 heavy (non-hydrogen) atoms. The number of rotatable bonds is 3. The lowest BCUT2D eigenvalue weighted by atomic mass is 10.0. The summed E-state index contributed by atoms with van der Waals surface area (Å²) in [6, 6.07) is 2.41. The number of aryl methyl sites for hydroxylation is 2. The smallest absolute Gasteiger partial charge is 0.133 e. The predicted molar refractivity (Wildman–Crippen MR) is 88.6 cm³/mol. The Kier molecular flexibility index (Phi) is 3.13. The van der Waals surface area contributed by atoms with Crippen LogP contribution in [0.1, 0.15) is 73.5 Å². The molecule has 1 N–H and O–H groups in total. The van der Waals surface area contributed by atoms with Gasteiger partial charge in [-0.05, 0) is 57.4 Å². The molecule has 1 saturated heterocycles. The van der Waals surface area contributed by atoms with E-state index in [1.54, 1.807) is 0 Å². The van der Waals surface area contributed by atoms with Gasteiger partial charge in [0.15, 0.2) is 0 Å². The fourth-order valence-corrected chi connectivity index (χ4v) is 4.02. The molecule has 2 aliphatic carbocycles. The van der Waals surface area contributed by atoms with E-state index in [-0.39, 0.29) is 0 Å². The highest BCUT2D eigenvalue weighted by Crippen LogP contribution is 2.40. The van der Waals surface area contributed by atoms with Crippen molar-refractivity contribution in [3.63, 3.8) is 0 Å². The predicted octanol–water partition coefficient (Wildman–Crippen LogP) is 3.30. The van der Waals surface area contributed by atoms with Gasteiger partial charge in [0.2, 0.25) is 0 Å². The van der Waals surface area contributed by atoms with Gasteiger partial charge in [0, 0.05) is 24.4 Å². The lowest BCUT2D eigenvalue weighted by molar-refractivity contribution is 0.664. The van der Waals surface area contributed by atoms with Crippen LogP contribution in [-0.2, 0) is 12.8 Å². The Labute approximate surface area is 136 Å². The van der Waals surface area contributed by atoms with E-state index in [0.29, 0.717) is 12.0 Å². The van der Waals surface area contributed by atoms with Crippen molar-refractivity contribution in [2.24, 2.45) is 0 Å². The highest BCUT2D eigenvalue weighted by Gasteiger charge is 2.32. The normalized spacial score (nSPS) is 24.0. The van der Waals surface area contributed by atoms with E-state index in [2.05, 4.69) is 20.9 Å². The van der Waals surface area contributed by atoms with Gasteiger partial charge in [0.1, 0.15) is 17.5 Å². The summed E-state index contributed by atoms with van der Waals surface area (Å²) in [5.74, 6) is 3.87. The highest BCUT2D eigenvalue weighted by atomic mass is 15.3. The summed E-state index contributed by atoms with van der Waals surface area (Å²) in [5, 5.41) is 0. The molecule has 120 valence electrons. The third-order valence-corrected chi connectivity index (χ3v) is 5.44. The standard InChI is InChI=1S/C18H23N5/c1-2-5-14-13(4-1)20-18(21-14)15-6-3-11-23(15)16-9-10-19-17(22-16)12-7-8-12/h9-10,12,15H,1-8,11H2,(H,20,21)/t15-/m0/s1. The minimum atomic E-state index is 0.350. The second-order valence-corrected chi connectivity index (χ2v) is 7.15. The number of fused-ring (bicyclic) bond motifs is 1. The van der Waals surface area contributed by atoms with Crippen LogP contribution in [0.25, 0.3) is 0 Å².